The molecule has 1 aliphatic heterocycles. The van der Waals surface area contributed by atoms with Crippen molar-refractivity contribution in [2.24, 2.45) is 4.99 Å². The van der Waals surface area contributed by atoms with Crippen molar-refractivity contribution in [3.63, 3.8) is 0 Å². The zero-order valence-electron chi connectivity index (χ0n) is 20.8. The quantitative estimate of drug-likeness (QED) is 0.219. The van der Waals surface area contributed by atoms with Gasteiger partial charge in [-0.1, -0.05) is 19.8 Å². The van der Waals surface area contributed by atoms with E-state index in [9.17, 15) is 4.79 Å². The lowest BCUT2D eigenvalue weighted by molar-refractivity contribution is 0.0522. The van der Waals surface area contributed by atoms with Crippen molar-refractivity contribution >= 4 is 36.0 Å². The van der Waals surface area contributed by atoms with Crippen molar-refractivity contribution in [1.29, 1.82) is 0 Å². The molecule has 31 heavy (non-hydrogen) atoms. The van der Waals surface area contributed by atoms with Crippen LogP contribution < -0.4 is 16.0 Å². The van der Waals surface area contributed by atoms with E-state index in [2.05, 4.69) is 53.6 Å². The van der Waals surface area contributed by atoms with Gasteiger partial charge in [0.25, 0.3) is 0 Å². The highest BCUT2D eigenvalue weighted by atomic mass is 127. The fourth-order valence-corrected chi connectivity index (χ4v) is 3.31. The summed E-state index contributed by atoms with van der Waals surface area (Å²) >= 11 is 0. The first-order chi connectivity index (χ1) is 14.1. The number of guanidine groups is 1. The molecule has 0 radical (unpaired) electrons. The van der Waals surface area contributed by atoms with Gasteiger partial charge in [0.1, 0.15) is 5.60 Å². The molecular formula is C22H47IN6O2. The van der Waals surface area contributed by atoms with Gasteiger partial charge < -0.3 is 25.6 Å². The van der Waals surface area contributed by atoms with Gasteiger partial charge in [0.2, 0.25) is 0 Å². The van der Waals surface area contributed by atoms with E-state index < -0.39 is 5.60 Å². The van der Waals surface area contributed by atoms with Crippen LogP contribution >= 0.6 is 24.0 Å². The van der Waals surface area contributed by atoms with E-state index in [0.717, 1.165) is 64.5 Å². The van der Waals surface area contributed by atoms with Crippen molar-refractivity contribution in [1.82, 2.24) is 25.8 Å². The molecular weight excluding hydrogens is 507 g/mol. The fourth-order valence-electron chi connectivity index (χ4n) is 3.31. The number of nitrogens with one attached hydrogen (secondary N) is 3. The Morgan fingerprint density at radius 3 is 2.32 bits per heavy atom. The summed E-state index contributed by atoms with van der Waals surface area (Å²) in [7, 11) is 2.18. The van der Waals surface area contributed by atoms with Crippen molar-refractivity contribution in [3.8, 4) is 0 Å². The maximum absolute atomic E-state index is 12.0. The van der Waals surface area contributed by atoms with Gasteiger partial charge in [0, 0.05) is 51.4 Å². The molecule has 0 saturated carbocycles. The van der Waals surface area contributed by atoms with E-state index in [1.807, 2.05) is 20.8 Å². The average Bonchev–Trinajstić information content (AvgIpc) is 2.67. The van der Waals surface area contributed by atoms with Crippen LogP contribution in [0.2, 0.25) is 0 Å². The number of ether oxygens (including phenoxy) is 1. The molecule has 2 atom stereocenters. The highest BCUT2D eigenvalue weighted by molar-refractivity contribution is 14.0. The van der Waals surface area contributed by atoms with Gasteiger partial charge in [0.05, 0.1) is 6.54 Å². The first kappa shape index (κ1) is 30.2. The molecule has 0 bridgehead atoms. The Kier molecular flexibility index (Phi) is 15.5. The van der Waals surface area contributed by atoms with Crippen LogP contribution in [0.3, 0.4) is 0 Å². The van der Waals surface area contributed by atoms with Gasteiger partial charge in [-0.15, -0.1) is 24.0 Å². The predicted molar refractivity (Wildman–Crippen MR) is 141 cm³/mol. The molecule has 1 rings (SSSR count). The van der Waals surface area contributed by atoms with Crippen LogP contribution in [-0.4, -0.2) is 92.4 Å². The number of aliphatic imine (C=N–C) groups is 1. The van der Waals surface area contributed by atoms with Gasteiger partial charge >= 0.3 is 6.09 Å². The SMILES string of the molecule is CCCCC(CNC(=O)OC(C)(C)C)NC(=NCC(C)N1CCN(C)CC1)NCC.I. The Morgan fingerprint density at radius 2 is 1.77 bits per heavy atom. The Hall–Kier alpha value is -0.810. The number of unbranched alkanes of at least 4 members (excludes halogenated alkanes) is 1. The summed E-state index contributed by atoms with van der Waals surface area (Å²) in [5.41, 5.74) is -0.494. The van der Waals surface area contributed by atoms with E-state index in [4.69, 9.17) is 9.73 Å². The lowest BCUT2D eigenvalue weighted by Gasteiger charge is -2.36. The van der Waals surface area contributed by atoms with Crippen LogP contribution in [-0.2, 0) is 4.74 Å². The van der Waals surface area contributed by atoms with Crippen molar-refractivity contribution < 1.29 is 9.53 Å². The third-order valence-electron chi connectivity index (χ3n) is 5.16. The minimum absolute atomic E-state index is 0. The molecule has 0 aromatic heterocycles. The van der Waals surface area contributed by atoms with Crippen LogP contribution in [0.25, 0.3) is 0 Å². The normalized spacial score (nSPS) is 18.0. The smallest absolute Gasteiger partial charge is 0.407 e. The van der Waals surface area contributed by atoms with Gasteiger partial charge in [-0.3, -0.25) is 9.89 Å². The number of alkyl carbamates (subject to hydrolysis) is 1. The molecule has 0 aromatic rings. The second-order valence-electron chi connectivity index (χ2n) is 9.27. The highest BCUT2D eigenvalue weighted by Crippen LogP contribution is 2.07. The number of piperazine rings is 1. The van der Waals surface area contributed by atoms with Crippen LogP contribution in [0, 0.1) is 0 Å². The molecule has 1 saturated heterocycles. The van der Waals surface area contributed by atoms with Crippen LogP contribution in [0.15, 0.2) is 4.99 Å². The predicted octanol–water partition coefficient (Wildman–Crippen LogP) is 2.88. The summed E-state index contributed by atoms with van der Waals surface area (Å²) in [5, 5.41) is 9.76. The Balaban J connectivity index is 0.00000900. The van der Waals surface area contributed by atoms with Gasteiger partial charge in [-0.2, -0.15) is 0 Å². The topological polar surface area (TPSA) is 81.2 Å². The summed E-state index contributed by atoms with van der Waals surface area (Å²) in [6.07, 6.45) is 2.78. The molecule has 0 spiro atoms. The van der Waals surface area contributed by atoms with Crippen LogP contribution in [0.1, 0.15) is 60.8 Å². The zero-order valence-corrected chi connectivity index (χ0v) is 23.1. The maximum Gasteiger partial charge on any atom is 0.407 e. The van der Waals surface area contributed by atoms with Crippen molar-refractivity contribution in [2.45, 2.75) is 78.5 Å². The molecule has 1 aliphatic rings. The molecule has 2 unspecified atom stereocenters. The molecule has 8 nitrogen and oxygen atoms in total. The summed E-state index contributed by atoms with van der Waals surface area (Å²) in [6, 6.07) is 0.511. The standard InChI is InChI=1S/C22H46N6O2.HI/c1-8-10-11-19(17-25-21(29)30-22(4,5)6)26-20(23-9-2)24-16-18(3)28-14-12-27(7)13-15-28;/h18-19H,8-17H2,1-7H3,(H,25,29)(H2,23,24,26);1H. The fraction of sp³-hybridized carbons (Fsp3) is 0.909. The number of nitrogens with zero attached hydrogens (tertiary/aromatic N) is 3. The average molecular weight is 555 g/mol. The highest BCUT2D eigenvalue weighted by Gasteiger charge is 2.20. The lowest BCUT2D eigenvalue weighted by Crippen LogP contribution is -2.50. The largest absolute Gasteiger partial charge is 0.444 e. The monoisotopic (exact) mass is 554 g/mol. The lowest BCUT2D eigenvalue weighted by atomic mass is 10.1. The molecule has 1 amide bonds. The number of carbonyl (C=O) groups excluding carboxylic acids is 1. The van der Waals surface area contributed by atoms with Crippen molar-refractivity contribution in [3.05, 3.63) is 0 Å². The first-order valence-corrected chi connectivity index (χ1v) is 11.6. The number of carbonyl (C=O) groups is 1. The summed E-state index contributed by atoms with van der Waals surface area (Å²) in [5.74, 6) is 0.811. The number of hydrogen-bond donors (Lipinski definition) is 3. The van der Waals surface area contributed by atoms with E-state index in [1.165, 1.54) is 0 Å². The van der Waals surface area contributed by atoms with Crippen LogP contribution in [0.4, 0.5) is 4.79 Å². The minimum atomic E-state index is -0.494. The minimum Gasteiger partial charge on any atom is -0.444 e. The van der Waals surface area contributed by atoms with E-state index in [-0.39, 0.29) is 36.1 Å². The summed E-state index contributed by atoms with van der Waals surface area (Å²) in [6.45, 7) is 18.6. The zero-order chi connectivity index (χ0) is 22.6. The van der Waals surface area contributed by atoms with Gasteiger partial charge in [0.15, 0.2) is 5.96 Å². The van der Waals surface area contributed by atoms with Crippen molar-refractivity contribution in [2.75, 3.05) is 52.9 Å². The van der Waals surface area contributed by atoms with E-state index in [1.54, 1.807) is 0 Å². The van der Waals surface area contributed by atoms with Crippen LogP contribution in [0.5, 0.6) is 0 Å². The molecule has 3 N–H and O–H groups in total. The van der Waals surface area contributed by atoms with E-state index in [0.29, 0.717) is 12.6 Å². The summed E-state index contributed by atoms with van der Waals surface area (Å²) < 4.78 is 5.37. The number of hydrogen-bond acceptors (Lipinski definition) is 5. The molecule has 0 aromatic carbocycles. The number of amides is 1. The molecule has 1 heterocycles. The third-order valence-corrected chi connectivity index (χ3v) is 5.16. The molecule has 1 fully saturated rings. The van der Waals surface area contributed by atoms with Gasteiger partial charge in [-0.25, -0.2) is 4.79 Å². The second-order valence-corrected chi connectivity index (χ2v) is 9.27. The Bertz CT molecular complexity index is 519. The third kappa shape index (κ3) is 14.1. The second kappa shape index (κ2) is 15.9. The summed E-state index contributed by atoms with van der Waals surface area (Å²) in [4.78, 5) is 21.8. The Labute approximate surface area is 207 Å². The van der Waals surface area contributed by atoms with Gasteiger partial charge in [-0.05, 0) is 48.1 Å². The number of likely N-dealkylation sites (N-methyl/N-ethyl adjacent to an activating group) is 1. The first-order valence-electron chi connectivity index (χ1n) is 11.6. The molecule has 0 aliphatic carbocycles. The number of rotatable bonds is 10. The maximum atomic E-state index is 12.0. The van der Waals surface area contributed by atoms with E-state index >= 15 is 0 Å². The Morgan fingerprint density at radius 1 is 1.13 bits per heavy atom. The molecule has 184 valence electrons. The number of halogens is 1. The molecule has 9 heteroatoms.